The summed E-state index contributed by atoms with van der Waals surface area (Å²) in [6.45, 7) is 1.99. The zero-order valence-corrected chi connectivity index (χ0v) is 9.75. The van der Waals surface area contributed by atoms with Crippen molar-refractivity contribution < 1.29 is 4.42 Å². The van der Waals surface area contributed by atoms with Crippen molar-refractivity contribution in [2.75, 3.05) is 0 Å². The predicted molar refractivity (Wildman–Crippen MR) is 64.2 cm³/mol. The van der Waals surface area contributed by atoms with Crippen LogP contribution < -0.4 is 0 Å². The molecule has 2 nitrogen and oxygen atoms in total. The molecule has 0 radical (unpaired) electrons. The first-order valence-corrected chi connectivity index (χ1v) is 5.94. The summed E-state index contributed by atoms with van der Waals surface area (Å²) in [6.07, 6.45) is 1.66. The Balaban J connectivity index is 2.13. The van der Waals surface area contributed by atoms with Gasteiger partial charge in [-0.3, -0.25) is 0 Å². The molecule has 0 aliphatic carbocycles. The lowest BCUT2D eigenvalue weighted by atomic mass is 10.2. The molecule has 0 aliphatic heterocycles. The summed E-state index contributed by atoms with van der Waals surface area (Å²) in [6, 6.07) is 11.9. The lowest BCUT2D eigenvalue weighted by molar-refractivity contribution is 0.530. The van der Waals surface area contributed by atoms with E-state index in [-0.39, 0.29) is 0 Å². The van der Waals surface area contributed by atoms with Crippen LogP contribution in [0.4, 0.5) is 0 Å². The first kappa shape index (κ1) is 10.8. The fourth-order valence-electron chi connectivity index (χ4n) is 1.40. The molecule has 1 aromatic carbocycles. The van der Waals surface area contributed by atoms with Gasteiger partial charge in [0.05, 0.1) is 17.6 Å². The molecule has 0 amide bonds. The maximum atomic E-state index is 9.01. The van der Waals surface area contributed by atoms with E-state index in [4.69, 9.17) is 9.68 Å². The smallest absolute Gasteiger partial charge is 0.113 e. The average molecular weight is 229 g/mol. The Morgan fingerprint density at radius 2 is 2.25 bits per heavy atom. The van der Waals surface area contributed by atoms with E-state index in [0.29, 0.717) is 0 Å². The fourth-order valence-corrected chi connectivity index (χ4v) is 2.29. The molecule has 0 N–H and O–H groups in total. The van der Waals surface area contributed by atoms with Gasteiger partial charge in [-0.05, 0) is 36.8 Å². The Bertz CT molecular complexity index is 511. The van der Waals surface area contributed by atoms with E-state index in [1.54, 1.807) is 18.0 Å². The second-order valence-corrected chi connectivity index (χ2v) is 4.50. The standard InChI is InChI=1S/C13H11NOS/c1-10-4-5-13(11(7-10)8-14)16-9-12-3-2-6-15-12/h2-7H,9H2,1H3. The minimum atomic E-state index is 0.733. The minimum Gasteiger partial charge on any atom is -0.468 e. The van der Waals surface area contributed by atoms with Crippen molar-refractivity contribution in [1.82, 2.24) is 0 Å². The molecule has 3 heteroatoms. The van der Waals surface area contributed by atoms with Gasteiger partial charge in [0.2, 0.25) is 0 Å². The number of aryl methyl sites for hydroxylation is 1. The first-order chi connectivity index (χ1) is 7.79. The fraction of sp³-hybridized carbons (Fsp3) is 0.154. The highest BCUT2D eigenvalue weighted by Gasteiger charge is 2.04. The Kier molecular flexibility index (Phi) is 3.33. The molecule has 0 bridgehead atoms. The van der Waals surface area contributed by atoms with Crippen LogP contribution in [-0.2, 0) is 5.75 Å². The lowest BCUT2D eigenvalue weighted by Gasteiger charge is -2.03. The van der Waals surface area contributed by atoms with E-state index in [9.17, 15) is 0 Å². The van der Waals surface area contributed by atoms with Gasteiger partial charge < -0.3 is 4.42 Å². The number of furan rings is 1. The van der Waals surface area contributed by atoms with E-state index in [2.05, 4.69) is 6.07 Å². The van der Waals surface area contributed by atoms with Gasteiger partial charge in [0.15, 0.2) is 0 Å². The third kappa shape index (κ3) is 2.47. The number of nitrogens with zero attached hydrogens (tertiary/aromatic N) is 1. The monoisotopic (exact) mass is 229 g/mol. The van der Waals surface area contributed by atoms with E-state index >= 15 is 0 Å². The van der Waals surface area contributed by atoms with Gasteiger partial charge in [0.25, 0.3) is 0 Å². The number of hydrogen-bond donors (Lipinski definition) is 0. The SMILES string of the molecule is Cc1ccc(SCc2ccco2)c(C#N)c1. The highest BCUT2D eigenvalue weighted by Crippen LogP contribution is 2.26. The molecule has 0 fully saturated rings. The Hall–Kier alpha value is -1.66. The largest absolute Gasteiger partial charge is 0.468 e. The van der Waals surface area contributed by atoms with Crippen LogP contribution in [0.3, 0.4) is 0 Å². The van der Waals surface area contributed by atoms with Crippen molar-refractivity contribution in [3.8, 4) is 6.07 Å². The van der Waals surface area contributed by atoms with Gasteiger partial charge in [0, 0.05) is 4.90 Å². The van der Waals surface area contributed by atoms with Crippen molar-refractivity contribution in [1.29, 1.82) is 5.26 Å². The summed E-state index contributed by atoms with van der Waals surface area (Å²) in [5, 5.41) is 9.01. The summed E-state index contributed by atoms with van der Waals surface area (Å²) < 4.78 is 5.25. The minimum absolute atomic E-state index is 0.733. The van der Waals surface area contributed by atoms with Gasteiger partial charge in [-0.25, -0.2) is 0 Å². The van der Waals surface area contributed by atoms with Crippen molar-refractivity contribution in [2.24, 2.45) is 0 Å². The van der Waals surface area contributed by atoms with Gasteiger partial charge in [0.1, 0.15) is 11.8 Å². The Labute approximate surface area is 98.9 Å². The summed E-state index contributed by atoms with van der Waals surface area (Å²) in [7, 11) is 0. The highest BCUT2D eigenvalue weighted by atomic mass is 32.2. The third-order valence-corrected chi connectivity index (χ3v) is 3.30. The number of benzene rings is 1. The van der Waals surface area contributed by atoms with Gasteiger partial charge >= 0.3 is 0 Å². The highest BCUT2D eigenvalue weighted by molar-refractivity contribution is 7.98. The molecule has 0 aliphatic rings. The molecule has 0 saturated carbocycles. The van der Waals surface area contributed by atoms with Crippen LogP contribution in [-0.4, -0.2) is 0 Å². The van der Waals surface area contributed by atoms with Crippen molar-refractivity contribution in [3.05, 3.63) is 53.5 Å². The number of thioether (sulfide) groups is 1. The van der Waals surface area contributed by atoms with Crippen molar-refractivity contribution in [3.63, 3.8) is 0 Å². The van der Waals surface area contributed by atoms with Crippen molar-refractivity contribution >= 4 is 11.8 Å². The van der Waals surface area contributed by atoms with Gasteiger partial charge in [-0.2, -0.15) is 5.26 Å². The normalized spacial score (nSPS) is 10.0. The van der Waals surface area contributed by atoms with Crippen molar-refractivity contribution in [2.45, 2.75) is 17.6 Å². The van der Waals surface area contributed by atoms with Crippen LogP contribution in [0.2, 0.25) is 0 Å². The molecule has 1 aromatic heterocycles. The Morgan fingerprint density at radius 1 is 1.38 bits per heavy atom. The van der Waals surface area contributed by atoms with Crippen LogP contribution in [0.25, 0.3) is 0 Å². The van der Waals surface area contributed by atoms with Crippen LogP contribution in [0.15, 0.2) is 45.9 Å². The van der Waals surface area contributed by atoms with Crippen LogP contribution in [0.1, 0.15) is 16.9 Å². The molecule has 1 heterocycles. The summed E-state index contributed by atoms with van der Waals surface area (Å²) in [5.41, 5.74) is 1.84. The molecule has 2 aromatic rings. The summed E-state index contributed by atoms with van der Waals surface area (Å²) >= 11 is 1.62. The lowest BCUT2D eigenvalue weighted by Crippen LogP contribution is -1.84. The second-order valence-electron chi connectivity index (χ2n) is 3.48. The van der Waals surface area contributed by atoms with Gasteiger partial charge in [-0.15, -0.1) is 11.8 Å². The number of nitriles is 1. The molecule has 0 spiro atoms. The van der Waals surface area contributed by atoms with E-state index < -0.39 is 0 Å². The quantitative estimate of drug-likeness (QED) is 0.752. The molecule has 0 atom stereocenters. The summed E-state index contributed by atoms with van der Waals surface area (Å²) in [4.78, 5) is 1.00. The topological polar surface area (TPSA) is 36.9 Å². The first-order valence-electron chi connectivity index (χ1n) is 4.95. The van der Waals surface area contributed by atoms with E-state index in [1.165, 1.54) is 0 Å². The van der Waals surface area contributed by atoms with Crippen LogP contribution >= 0.6 is 11.8 Å². The third-order valence-electron chi connectivity index (χ3n) is 2.21. The maximum Gasteiger partial charge on any atom is 0.113 e. The molecular formula is C13H11NOS. The number of rotatable bonds is 3. The number of hydrogen-bond acceptors (Lipinski definition) is 3. The average Bonchev–Trinajstić information content (AvgIpc) is 2.80. The van der Waals surface area contributed by atoms with Gasteiger partial charge in [-0.1, -0.05) is 6.07 Å². The van der Waals surface area contributed by atoms with Crippen LogP contribution in [0, 0.1) is 18.3 Å². The molecule has 0 unspecified atom stereocenters. The van der Waals surface area contributed by atoms with E-state index in [0.717, 1.165) is 27.5 Å². The second kappa shape index (κ2) is 4.91. The molecule has 16 heavy (non-hydrogen) atoms. The molecular weight excluding hydrogens is 218 g/mol. The Morgan fingerprint density at radius 3 is 2.94 bits per heavy atom. The van der Waals surface area contributed by atoms with Crippen LogP contribution in [0.5, 0.6) is 0 Å². The molecule has 80 valence electrons. The molecule has 0 saturated heterocycles. The molecule has 2 rings (SSSR count). The summed E-state index contributed by atoms with van der Waals surface area (Å²) in [5.74, 6) is 1.68. The maximum absolute atomic E-state index is 9.01. The van der Waals surface area contributed by atoms with E-state index in [1.807, 2.05) is 37.3 Å². The zero-order chi connectivity index (χ0) is 11.4. The zero-order valence-electron chi connectivity index (χ0n) is 8.93. The predicted octanol–water partition coefficient (Wildman–Crippen LogP) is 3.75.